The summed E-state index contributed by atoms with van der Waals surface area (Å²) >= 11 is 0. The van der Waals surface area contributed by atoms with Crippen molar-refractivity contribution < 1.29 is 14.3 Å². The minimum Gasteiger partial charge on any atom is -0.439 e. The van der Waals surface area contributed by atoms with Gasteiger partial charge in [0.2, 0.25) is 11.8 Å². The van der Waals surface area contributed by atoms with Gasteiger partial charge in [0.1, 0.15) is 0 Å². The lowest BCUT2D eigenvalue weighted by Crippen LogP contribution is -2.38. The van der Waals surface area contributed by atoms with E-state index in [2.05, 4.69) is 10.3 Å². The van der Waals surface area contributed by atoms with Gasteiger partial charge in [-0.3, -0.25) is 4.79 Å². The minimum absolute atomic E-state index is 0.152. The monoisotopic (exact) mass is 314 g/mol. The van der Waals surface area contributed by atoms with Gasteiger partial charge in [0.05, 0.1) is 24.8 Å². The van der Waals surface area contributed by atoms with E-state index >= 15 is 0 Å². The lowest BCUT2D eigenvalue weighted by molar-refractivity contribution is -0.127. The van der Waals surface area contributed by atoms with Crippen molar-refractivity contribution in [3.8, 4) is 11.3 Å². The van der Waals surface area contributed by atoms with Crippen LogP contribution < -0.4 is 5.32 Å². The van der Waals surface area contributed by atoms with Crippen LogP contribution in [-0.2, 0) is 11.3 Å². The molecule has 0 unspecified atom stereocenters. The summed E-state index contributed by atoms with van der Waals surface area (Å²) in [6.07, 6.45) is 6.34. The molecule has 1 aromatic carbocycles. The first-order chi connectivity index (χ1) is 11.1. The number of carbonyl (C=O) groups excluding carboxylic acids is 1. The van der Waals surface area contributed by atoms with E-state index in [-0.39, 0.29) is 18.9 Å². The Balaban J connectivity index is 1.52. The molecule has 0 aliphatic heterocycles. The highest BCUT2D eigenvalue weighted by atomic mass is 16.4. The van der Waals surface area contributed by atoms with Crippen LogP contribution in [0.3, 0.4) is 0 Å². The molecule has 1 amide bonds. The second-order valence-electron chi connectivity index (χ2n) is 6.22. The molecule has 1 aliphatic rings. The predicted molar refractivity (Wildman–Crippen MR) is 86.4 cm³/mol. The molecule has 5 heteroatoms. The molecule has 1 aliphatic carbocycles. The molecule has 3 rings (SSSR count). The second kappa shape index (κ2) is 6.96. The second-order valence-corrected chi connectivity index (χ2v) is 6.22. The van der Waals surface area contributed by atoms with E-state index in [1.165, 1.54) is 0 Å². The van der Waals surface area contributed by atoms with Crippen LogP contribution in [0.2, 0.25) is 0 Å². The predicted octanol–water partition coefficient (Wildman–Crippen LogP) is 3.04. The van der Waals surface area contributed by atoms with Gasteiger partial charge in [0, 0.05) is 5.56 Å². The number of oxazole rings is 1. The zero-order valence-electron chi connectivity index (χ0n) is 13.1. The Bertz CT molecular complexity index is 645. The van der Waals surface area contributed by atoms with E-state index in [1.54, 1.807) is 6.20 Å². The maximum absolute atomic E-state index is 12.0. The molecule has 0 spiro atoms. The number of aliphatic hydroxyl groups is 1. The maximum atomic E-state index is 12.0. The molecule has 1 fully saturated rings. The van der Waals surface area contributed by atoms with Crippen LogP contribution >= 0.6 is 0 Å². The number of hydrogen-bond acceptors (Lipinski definition) is 4. The van der Waals surface area contributed by atoms with Crippen LogP contribution in [0.25, 0.3) is 11.3 Å². The smallest absolute Gasteiger partial charge is 0.223 e. The summed E-state index contributed by atoms with van der Waals surface area (Å²) in [5.74, 6) is 0.988. The minimum atomic E-state index is -0.839. The fourth-order valence-corrected chi connectivity index (χ4v) is 3.05. The molecule has 23 heavy (non-hydrogen) atoms. The van der Waals surface area contributed by atoms with Gasteiger partial charge in [-0.1, -0.05) is 49.6 Å². The van der Waals surface area contributed by atoms with E-state index in [0.29, 0.717) is 24.5 Å². The first kappa shape index (κ1) is 15.7. The van der Waals surface area contributed by atoms with Gasteiger partial charge in [0.25, 0.3) is 0 Å². The van der Waals surface area contributed by atoms with Crippen molar-refractivity contribution in [3.63, 3.8) is 0 Å². The quantitative estimate of drug-likeness (QED) is 0.889. The largest absolute Gasteiger partial charge is 0.439 e. The number of rotatable bonds is 5. The van der Waals surface area contributed by atoms with Crippen molar-refractivity contribution in [3.05, 3.63) is 42.4 Å². The molecular weight excluding hydrogens is 292 g/mol. The van der Waals surface area contributed by atoms with Gasteiger partial charge in [-0.2, -0.15) is 0 Å². The van der Waals surface area contributed by atoms with Gasteiger partial charge in [-0.15, -0.1) is 0 Å². The number of amides is 1. The number of aromatic nitrogens is 1. The fraction of sp³-hybridized carbons (Fsp3) is 0.444. The van der Waals surface area contributed by atoms with E-state index in [9.17, 15) is 9.90 Å². The SMILES string of the molecule is O=C(CC1(O)CCCCC1)NCc1ncc(-c2ccccc2)o1. The molecule has 1 heterocycles. The number of nitrogens with one attached hydrogen (secondary N) is 1. The van der Waals surface area contributed by atoms with Crippen LogP contribution in [0.4, 0.5) is 0 Å². The summed E-state index contributed by atoms with van der Waals surface area (Å²) in [5, 5.41) is 13.2. The van der Waals surface area contributed by atoms with Crippen LogP contribution in [0.1, 0.15) is 44.4 Å². The number of hydrogen-bond donors (Lipinski definition) is 2. The van der Waals surface area contributed by atoms with Crippen LogP contribution in [0.5, 0.6) is 0 Å². The third-order valence-corrected chi connectivity index (χ3v) is 4.32. The fourth-order valence-electron chi connectivity index (χ4n) is 3.05. The Kier molecular flexibility index (Phi) is 4.76. The topological polar surface area (TPSA) is 75.4 Å². The Morgan fingerprint density at radius 2 is 1.96 bits per heavy atom. The molecule has 0 saturated heterocycles. The van der Waals surface area contributed by atoms with Crippen molar-refractivity contribution in [1.82, 2.24) is 10.3 Å². The van der Waals surface area contributed by atoms with Crippen molar-refractivity contribution in [2.24, 2.45) is 0 Å². The van der Waals surface area contributed by atoms with Gasteiger partial charge < -0.3 is 14.8 Å². The van der Waals surface area contributed by atoms with Gasteiger partial charge in [-0.05, 0) is 12.8 Å². The molecule has 1 saturated carbocycles. The Labute approximate surface area is 135 Å². The summed E-state index contributed by atoms with van der Waals surface area (Å²) in [6.45, 7) is 0.238. The molecule has 122 valence electrons. The average Bonchev–Trinajstić information content (AvgIpc) is 3.03. The summed E-state index contributed by atoms with van der Waals surface area (Å²) in [6, 6.07) is 9.70. The van der Waals surface area contributed by atoms with Crippen LogP contribution in [-0.4, -0.2) is 21.6 Å². The highest BCUT2D eigenvalue weighted by Gasteiger charge is 2.31. The normalized spacial score (nSPS) is 16.9. The van der Waals surface area contributed by atoms with Crippen LogP contribution in [0.15, 0.2) is 40.9 Å². The van der Waals surface area contributed by atoms with E-state index in [1.807, 2.05) is 30.3 Å². The zero-order valence-corrected chi connectivity index (χ0v) is 13.1. The van der Waals surface area contributed by atoms with E-state index < -0.39 is 5.60 Å². The lowest BCUT2D eigenvalue weighted by Gasteiger charge is -2.31. The number of carbonyl (C=O) groups is 1. The van der Waals surface area contributed by atoms with Gasteiger partial charge >= 0.3 is 0 Å². The third kappa shape index (κ3) is 4.20. The van der Waals surface area contributed by atoms with Crippen molar-refractivity contribution in [1.29, 1.82) is 0 Å². The summed E-state index contributed by atoms with van der Waals surface area (Å²) in [7, 11) is 0. The highest BCUT2D eigenvalue weighted by Crippen LogP contribution is 2.30. The van der Waals surface area contributed by atoms with Crippen molar-refractivity contribution >= 4 is 5.91 Å². The first-order valence-corrected chi connectivity index (χ1v) is 8.14. The molecule has 2 N–H and O–H groups in total. The molecule has 0 radical (unpaired) electrons. The summed E-state index contributed by atoms with van der Waals surface area (Å²) in [4.78, 5) is 16.2. The molecule has 2 aromatic rings. The number of nitrogens with zero attached hydrogens (tertiary/aromatic N) is 1. The first-order valence-electron chi connectivity index (χ1n) is 8.14. The highest BCUT2D eigenvalue weighted by molar-refractivity contribution is 5.76. The lowest BCUT2D eigenvalue weighted by atomic mass is 9.82. The number of benzene rings is 1. The maximum Gasteiger partial charge on any atom is 0.223 e. The molecule has 0 bridgehead atoms. The van der Waals surface area contributed by atoms with Gasteiger partial charge in [0.15, 0.2) is 5.76 Å². The Hall–Kier alpha value is -2.14. The van der Waals surface area contributed by atoms with Crippen molar-refractivity contribution in [2.75, 3.05) is 0 Å². The molecule has 5 nitrogen and oxygen atoms in total. The van der Waals surface area contributed by atoms with Gasteiger partial charge in [-0.25, -0.2) is 4.98 Å². The molecule has 0 atom stereocenters. The van der Waals surface area contributed by atoms with E-state index in [4.69, 9.17) is 4.42 Å². The zero-order chi connectivity index (χ0) is 16.1. The Morgan fingerprint density at radius 1 is 1.22 bits per heavy atom. The average molecular weight is 314 g/mol. The standard InChI is InChI=1S/C18H22N2O3/c21-16(11-18(22)9-5-2-6-10-18)19-13-17-20-12-15(23-17)14-7-3-1-4-8-14/h1,3-4,7-8,12,22H,2,5-6,9-11,13H2,(H,19,21). The molecule has 1 aromatic heterocycles. The summed E-state index contributed by atoms with van der Waals surface area (Å²) < 4.78 is 5.65. The Morgan fingerprint density at radius 3 is 2.70 bits per heavy atom. The third-order valence-electron chi connectivity index (χ3n) is 4.32. The molecular formula is C18H22N2O3. The van der Waals surface area contributed by atoms with Crippen molar-refractivity contribution in [2.45, 2.75) is 50.7 Å². The van der Waals surface area contributed by atoms with Crippen LogP contribution in [0, 0.1) is 0 Å². The van der Waals surface area contributed by atoms with E-state index in [0.717, 1.165) is 24.8 Å². The summed E-state index contributed by atoms with van der Waals surface area (Å²) in [5.41, 5.74) is 0.114.